The van der Waals surface area contributed by atoms with Crippen molar-refractivity contribution >= 4 is 22.2 Å². The van der Waals surface area contributed by atoms with Crippen LogP contribution in [0.1, 0.15) is 24.2 Å². The lowest BCUT2D eigenvalue weighted by Gasteiger charge is -2.01. The SMILES string of the molecule is CC.NC(=O)c1c(-c2ccccc2)csc1N. The number of rotatable bonds is 2. The van der Waals surface area contributed by atoms with Gasteiger partial charge in [0.25, 0.3) is 5.91 Å². The van der Waals surface area contributed by atoms with Crippen LogP contribution in [0.4, 0.5) is 5.00 Å². The molecule has 0 unspecified atom stereocenters. The van der Waals surface area contributed by atoms with Gasteiger partial charge in [0.1, 0.15) is 0 Å². The average molecular weight is 248 g/mol. The van der Waals surface area contributed by atoms with Gasteiger partial charge < -0.3 is 11.5 Å². The molecule has 4 N–H and O–H groups in total. The molecule has 17 heavy (non-hydrogen) atoms. The Morgan fingerprint density at radius 3 is 2.29 bits per heavy atom. The smallest absolute Gasteiger partial charge is 0.252 e. The molecule has 0 saturated carbocycles. The Morgan fingerprint density at radius 1 is 1.18 bits per heavy atom. The molecule has 0 aliphatic heterocycles. The van der Waals surface area contributed by atoms with E-state index in [1.165, 1.54) is 11.3 Å². The van der Waals surface area contributed by atoms with Crippen LogP contribution in [0.3, 0.4) is 0 Å². The van der Waals surface area contributed by atoms with E-state index in [9.17, 15) is 4.79 Å². The number of nitrogens with two attached hydrogens (primary N) is 2. The summed E-state index contributed by atoms with van der Waals surface area (Å²) in [6.45, 7) is 4.00. The molecule has 1 heterocycles. The van der Waals surface area contributed by atoms with Gasteiger partial charge in [-0.15, -0.1) is 11.3 Å². The predicted octanol–water partition coefficient (Wildman–Crippen LogP) is 3.12. The van der Waals surface area contributed by atoms with E-state index in [-0.39, 0.29) is 0 Å². The minimum Gasteiger partial charge on any atom is -0.390 e. The Kier molecular flexibility index (Phi) is 4.72. The Balaban J connectivity index is 0.000000686. The molecule has 0 aliphatic carbocycles. The fourth-order valence-corrected chi connectivity index (χ4v) is 2.28. The van der Waals surface area contributed by atoms with Crippen molar-refractivity contribution in [2.24, 2.45) is 5.73 Å². The second kappa shape index (κ2) is 6.06. The first-order chi connectivity index (χ1) is 8.20. The number of amides is 1. The van der Waals surface area contributed by atoms with Gasteiger partial charge in [-0.1, -0.05) is 44.2 Å². The van der Waals surface area contributed by atoms with E-state index in [0.29, 0.717) is 10.6 Å². The number of hydrogen-bond donors (Lipinski definition) is 2. The minimum atomic E-state index is -0.479. The molecule has 0 saturated heterocycles. The first-order valence-corrected chi connectivity index (χ1v) is 6.30. The highest BCUT2D eigenvalue weighted by Gasteiger charge is 2.15. The van der Waals surface area contributed by atoms with Crippen molar-refractivity contribution in [2.45, 2.75) is 13.8 Å². The lowest BCUT2D eigenvalue weighted by atomic mass is 10.0. The standard InChI is InChI=1S/C11H10N2OS.C2H6/c12-10(14)9-8(6-15-11(9)13)7-4-2-1-3-5-7;1-2/h1-6H,13H2,(H2,12,14);1-2H3. The molecule has 1 aromatic heterocycles. The van der Waals surface area contributed by atoms with E-state index < -0.39 is 5.91 Å². The number of primary amides is 1. The maximum Gasteiger partial charge on any atom is 0.252 e. The Bertz CT molecular complexity index is 491. The normalized spacial score (nSPS) is 9.29. The zero-order valence-corrected chi connectivity index (χ0v) is 10.8. The van der Waals surface area contributed by atoms with Crippen LogP contribution >= 0.6 is 11.3 Å². The monoisotopic (exact) mass is 248 g/mol. The highest BCUT2D eigenvalue weighted by atomic mass is 32.1. The highest BCUT2D eigenvalue weighted by molar-refractivity contribution is 7.15. The van der Waals surface area contributed by atoms with Gasteiger partial charge in [-0.05, 0) is 5.56 Å². The van der Waals surface area contributed by atoms with Crippen LogP contribution in [0.25, 0.3) is 11.1 Å². The van der Waals surface area contributed by atoms with Gasteiger partial charge in [-0.25, -0.2) is 0 Å². The molecule has 1 aromatic carbocycles. The average Bonchev–Trinajstić information content (AvgIpc) is 2.75. The summed E-state index contributed by atoms with van der Waals surface area (Å²) < 4.78 is 0. The van der Waals surface area contributed by atoms with Crippen molar-refractivity contribution in [3.05, 3.63) is 41.3 Å². The number of thiophene rings is 1. The van der Waals surface area contributed by atoms with Gasteiger partial charge in [-0.2, -0.15) is 0 Å². The molecule has 0 fully saturated rings. The fraction of sp³-hybridized carbons (Fsp3) is 0.154. The van der Waals surface area contributed by atoms with E-state index in [1.54, 1.807) is 0 Å². The van der Waals surface area contributed by atoms with Crippen LogP contribution in [0.15, 0.2) is 35.7 Å². The first kappa shape index (κ1) is 13.3. The molecule has 0 atom stereocenters. The van der Waals surface area contributed by atoms with Gasteiger partial charge in [0.05, 0.1) is 10.6 Å². The summed E-state index contributed by atoms with van der Waals surface area (Å²) >= 11 is 1.33. The van der Waals surface area contributed by atoms with E-state index in [1.807, 2.05) is 49.6 Å². The molecule has 2 aromatic rings. The molecular weight excluding hydrogens is 232 g/mol. The number of anilines is 1. The van der Waals surface area contributed by atoms with Gasteiger partial charge in [0.15, 0.2) is 0 Å². The number of benzene rings is 1. The van der Waals surface area contributed by atoms with Crippen LogP contribution in [0.5, 0.6) is 0 Å². The Labute approximate surface area is 105 Å². The molecule has 0 spiro atoms. The molecule has 0 bridgehead atoms. The quantitative estimate of drug-likeness (QED) is 0.857. The number of carbonyl (C=O) groups is 1. The second-order valence-corrected chi connectivity index (χ2v) is 4.03. The highest BCUT2D eigenvalue weighted by Crippen LogP contribution is 2.32. The molecular formula is C13H16N2OS. The lowest BCUT2D eigenvalue weighted by Crippen LogP contribution is -2.12. The van der Waals surface area contributed by atoms with Crippen molar-refractivity contribution in [3.63, 3.8) is 0 Å². The van der Waals surface area contributed by atoms with E-state index in [0.717, 1.165) is 11.1 Å². The molecule has 90 valence electrons. The summed E-state index contributed by atoms with van der Waals surface area (Å²) in [5.41, 5.74) is 13.2. The summed E-state index contributed by atoms with van der Waals surface area (Å²) in [4.78, 5) is 11.2. The molecule has 3 nitrogen and oxygen atoms in total. The van der Waals surface area contributed by atoms with Crippen LogP contribution in [-0.2, 0) is 0 Å². The van der Waals surface area contributed by atoms with Gasteiger partial charge in [0.2, 0.25) is 0 Å². The van der Waals surface area contributed by atoms with Gasteiger partial charge in [-0.3, -0.25) is 4.79 Å². The predicted molar refractivity (Wildman–Crippen MR) is 74.0 cm³/mol. The van der Waals surface area contributed by atoms with Gasteiger partial charge in [0, 0.05) is 10.9 Å². The third kappa shape index (κ3) is 2.85. The number of hydrogen-bond acceptors (Lipinski definition) is 3. The minimum absolute atomic E-state index is 0.422. The van der Waals surface area contributed by atoms with E-state index >= 15 is 0 Å². The zero-order chi connectivity index (χ0) is 12.8. The molecule has 2 rings (SSSR count). The molecule has 1 amide bonds. The van der Waals surface area contributed by atoms with Crippen molar-refractivity contribution in [1.29, 1.82) is 0 Å². The van der Waals surface area contributed by atoms with Crippen molar-refractivity contribution in [3.8, 4) is 11.1 Å². The van der Waals surface area contributed by atoms with Crippen LogP contribution in [0, 0.1) is 0 Å². The first-order valence-electron chi connectivity index (χ1n) is 5.42. The topological polar surface area (TPSA) is 69.1 Å². The van der Waals surface area contributed by atoms with Gasteiger partial charge >= 0.3 is 0 Å². The summed E-state index contributed by atoms with van der Waals surface area (Å²) in [7, 11) is 0. The summed E-state index contributed by atoms with van der Waals surface area (Å²) in [6, 6.07) is 9.59. The summed E-state index contributed by atoms with van der Waals surface area (Å²) in [6.07, 6.45) is 0. The van der Waals surface area contributed by atoms with Crippen LogP contribution in [-0.4, -0.2) is 5.91 Å². The van der Waals surface area contributed by atoms with Crippen molar-refractivity contribution < 1.29 is 4.79 Å². The summed E-state index contributed by atoms with van der Waals surface area (Å²) in [5, 5.41) is 2.33. The molecule has 0 aliphatic rings. The molecule has 0 radical (unpaired) electrons. The fourth-order valence-electron chi connectivity index (χ4n) is 1.46. The van der Waals surface area contributed by atoms with Crippen LogP contribution < -0.4 is 11.5 Å². The van der Waals surface area contributed by atoms with Crippen molar-refractivity contribution in [2.75, 3.05) is 5.73 Å². The lowest BCUT2D eigenvalue weighted by molar-refractivity contribution is 0.100. The number of carbonyl (C=O) groups excluding carboxylic acids is 1. The Hall–Kier alpha value is -1.81. The van der Waals surface area contributed by atoms with Crippen LogP contribution in [0.2, 0.25) is 0 Å². The molecule has 4 heteroatoms. The Morgan fingerprint density at radius 2 is 1.76 bits per heavy atom. The third-order valence-electron chi connectivity index (χ3n) is 2.15. The second-order valence-electron chi connectivity index (χ2n) is 3.12. The largest absolute Gasteiger partial charge is 0.390 e. The zero-order valence-electron chi connectivity index (χ0n) is 9.94. The summed E-state index contributed by atoms with van der Waals surface area (Å²) in [5.74, 6) is -0.479. The van der Waals surface area contributed by atoms with Crippen molar-refractivity contribution in [1.82, 2.24) is 0 Å². The number of nitrogen functional groups attached to an aromatic ring is 1. The third-order valence-corrected chi connectivity index (χ3v) is 2.96. The van der Waals surface area contributed by atoms with E-state index in [4.69, 9.17) is 11.5 Å². The maximum absolute atomic E-state index is 11.2. The maximum atomic E-state index is 11.2. The van der Waals surface area contributed by atoms with E-state index in [2.05, 4.69) is 0 Å².